The molecule has 1 aromatic carbocycles. The van der Waals surface area contributed by atoms with Crippen molar-refractivity contribution in [1.29, 1.82) is 0 Å². The lowest BCUT2D eigenvalue weighted by Crippen LogP contribution is -1.98. The van der Waals surface area contributed by atoms with E-state index in [0.29, 0.717) is 16.3 Å². The first-order chi connectivity index (χ1) is 6.06. The van der Waals surface area contributed by atoms with Crippen LogP contribution in [0, 0.1) is 6.92 Å². The lowest BCUT2D eigenvalue weighted by Gasteiger charge is -2.07. The SMILES string of the molecule is COc1c(C)cc(C(=O)O)cc1Cl. The van der Waals surface area contributed by atoms with E-state index in [4.69, 9.17) is 21.4 Å². The van der Waals surface area contributed by atoms with Crippen LogP contribution in [-0.2, 0) is 0 Å². The van der Waals surface area contributed by atoms with Crippen LogP contribution in [0.1, 0.15) is 15.9 Å². The van der Waals surface area contributed by atoms with Gasteiger partial charge in [-0.3, -0.25) is 0 Å². The van der Waals surface area contributed by atoms with Crippen LogP contribution < -0.4 is 4.74 Å². The molecule has 1 aromatic rings. The zero-order valence-electron chi connectivity index (χ0n) is 7.30. The van der Waals surface area contributed by atoms with Gasteiger partial charge in [0.25, 0.3) is 0 Å². The highest BCUT2D eigenvalue weighted by Crippen LogP contribution is 2.29. The minimum atomic E-state index is -0.993. The minimum Gasteiger partial charge on any atom is -0.495 e. The molecular weight excluding hydrogens is 192 g/mol. The lowest BCUT2D eigenvalue weighted by atomic mass is 10.1. The van der Waals surface area contributed by atoms with Gasteiger partial charge in [0.15, 0.2) is 0 Å². The number of hydrogen-bond donors (Lipinski definition) is 1. The van der Waals surface area contributed by atoms with Crippen LogP contribution in [0.25, 0.3) is 0 Å². The average molecular weight is 201 g/mol. The van der Waals surface area contributed by atoms with Crippen molar-refractivity contribution in [3.63, 3.8) is 0 Å². The van der Waals surface area contributed by atoms with Gasteiger partial charge < -0.3 is 9.84 Å². The third-order valence-corrected chi connectivity index (χ3v) is 1.96. The number of carboxylic acids is 1. The van der Waals surface area contributed by atoms with Gasteiger partial charge in [0, 0.05) is 0 Å². The molecule has 0 unspecified atom stereocenters. The molecule has 0 spiro atoms. The standard InChI is InChI=1S/C9H9ClO3/c1-5-3-6(9(11)12)4-7(10)8(5)13-2/h3-4H,1-2H3,(H,11,12). The summed E-state index contributed by atoms with van der Waals surface area (Å²) in [5.41, 5.74) is 0.885. The molecule has 4 heteroatoms. The fourth-order valence-corrected chi connectivity index (χ4v) is 1.46. The highest BCUT2D eigenvalue weighted by molar-refractivity contribution is 6.32. The van der Waals surface area contributed by atoms with Crippen LogP contribution in [-0.4, -0.2) is 18.2 Å². The van der Waals surface area contributed by atoms with Crippen molar-refractivity contribution in [3.8, 4) is 5.75 Å². The summed E-state index contributed by atoms with van der Waals surface area (Å²) in [6.45, 7) is 1.75. The topological polar surface area (TPSA) is 46.5 Å². The van der Waals surface area contributed by atoms with E-state index >= 15 is 0 Å². The number of carboxylic acid groups (broad SMARTS) is 1. The average Bonchev–Trinajstić information content (AvgIpc) is 2.03. The smallest absolute Gasteiger partial charge is 0.335 e. The van der Waals surface area contributed by atoms with Crippen molar-refractivity contribution < 1.29 is 14.6 Å². The van der Waals surface area contributed by atoms with Gasteiger partial charge >= 0.3 is 5.97 Å². The third-order valence-electron chi connectivity index (χ3n) is 1.68. The maximum absolute atomic E-state index is 10.6. The molecule has 0 fully saturated rings. The molecule has 0 aliphatic carbocycles. The molecule has 0 heterocycles. The Morgan fingerprint density at radius 1 is 1.54 bits per heavy atom. The molecule has 13 heavy (non-hydrogen) atoms. The minimum absolute atomic E-state index is 0.170. The predicted octanol–water partition coefficient (Wildman–Crippen LogP) is 2.36. The third kappa shape index (κ3) is 1.92. The number of aryl methyl sites for hydroxylation is 1. The Balaban J connectivity index is 3.28. The predicted molar refractivity (Wildman–Crippen MR) is 49.7 cm³/mol. The summed E-state index contributed by atoms with van der Waals surface area (Å²) < 4.78 is 4.99. The Hall–Kier alpha value is -1.22. The van der Waals surface area contributed by atoms with Crippen LogP contribution in [0.2, 0.25) is 5.02 Å². The fourth-order valence-electron chi connectivity index (χ4n) is 1.11. The summed E-state index contributed by atoms with van der Waals surface area (Å²) in [5, 5.41) is 9.02. The van der Waals surface area contributed by atoms with Gasteiger partial charge in [-0.15, -0.1) is 0 Å². The maximum Gasteiger partial charge on any atom is 0.335 e. The number of methoxy groups -OCH3 is 1. The van der Waals surface area contributed by atoms with Crippen molar-refractivity contribution in [2.24, 2.45) is 0 Å². The first-order valence-electron chi connectivity index (χ1n) is 3.63. The molecule has 0 bridgehead atoms. The molecule has 1 rings (SSSR count). The number of halogens is 1. The van der Waals surface area contributed by atoms with E-state index in [9.17, 15) is 4.79 Å². The van der Waals surface area contributed by atoms with Gasteiger partial charge in [-0.25, -0.2) is 4.79 Å². The summed E-state index contributed by atoms with van der Waals surface area (Å²) in [6, 6.07) is 2.89. The second-order valence-corrected chi connectivity index (χ2v) is 3.02. The van der Waals surface area contributed by atoms with Crippen LogP contribution in [0.4, 0.5) is 0 Å². The highest BCUT2D eigenvalue weighted by Gasteiger charge is 2.10. The number of benzene rings is 1. The first-order valence-corrected chi connectivity index (χ1v) is 4.01. The molecule has 0 saturated carbocycles. The van der Waals surface area contributed by atoms with Gasteiger partial charge in [-0.2, -0.15) is 0 Å². The number of hydrogen-bond acceptors (Lipinski definition) is 2. The molecule has 0 amide bonds. The fraction of sp³-hybridized carbons (Fsp3) is 0.222. The molecule has 0 aliphatic rings. The van der Waals surface area contributed by atoms with Gasteiger partial charge in [0.1, 0.15) is 5.75 Å². The monoisotopic (exact) mass is 200 g/mol. The molecule has 3 nitrogen and oxygen atoms in total. The number of ether oxygens (including phenoxy) is 1. The Labute approximate surface area is 80.9 Å². The van der Waals surface area contributed by atoms with E-state index in [1.807, 2.05) is 0 Å². The lowest BCUT2D eigenvalue weighted by molar-refractivity contribution is 0.0696. The van der Waals surface area contributed by atoms with E-state index in [2.05, 4.69) is 0 Å². The Kier molecular flexibility index (Phi) is 2.78. The molecule has 1 N–H and O–H groups in total. The zero-order valence-corrected chi connectivity index (χ0v) is 8.05. The molecule has 0 aliphatic heterocycles. The largest absolute Gasteiger partial charge is 0.495 e. The molecular formula is C9H9ClO3. The van der Waals surface area contributed by atoms with Gasteiger partial charge in [-0.05, 0) is 24.6 Å². The normalized spacial score (nSPS) is 9.77. The molecule has 0 saturated heterocycles. The quantitative estimate of drug-likeness (QED) is 0.797. The Bertz CT molecular complexity index is 324. The molecule has 0 atom stereocenters. The van der Waals surface area contributed by atoms with Crippen LogP contribution >= 0.6 is 11.6 Å². The summed E-state index contributed by atoms with van der Waals surface area (Å²) in [5.74, 6) is -0.473. The van der Waals surface area contributed by atoms with Crippen LogP contribution in [0.15, 0.2) is 12.1 Å². The number of carbonyl (C=O) groups is 1. The Morgan fingerprint density at radius 2 is 2.15 bits per heavy atom. The van der Waals surface area contributed by atoms with Gasteiger partial charge in [0.2, 0.25) is 0 Å². The Morgan fingerprint density at radius 3 is 2.54 bits per heavy atom. The van der Waals surface area contributed by atoms with Crippen molar-refractivity contribution in [2.75, 3.05) is 7.11 Å². The molecule has 0 aromatic heterocycles. The van der Waals surface area contributed by atoms with Gasteiger partial charge in [0.05, 0.1) is 17.7 Å². The van der Waals surface area contributed by atoms with Crippen molar-refractivity contribution in [3.05, 3.63) is 28.3 Å². The van der Waals surface area contributed by atoms with E-state index in [1.54, 1.807) is 6.92 Å². The molecule has 0 radical (unpaired) electrons. The zero-order chi connectivity index (χ0) is 10.0. The number of aromatic carboxylic acids is 1. The second kappa shape index (κ2) is 3.66. The van der Waals surface area contributed by atoms with E-state index in [1.165, 1.54) is 19.2 Å². The first kappa shape index (κ1) is 9.86. The maximum atomic E-state index is 10.6. The van der Waals surface area contributed by atoms with E-state index in [0.717, 1.165) is 0 Å². The van der Waals surface area contributed by atoms with Crippen LogP contribution in [0.5, 0.6) is 5.75 Å². The van der Waals surface area contributed by atoms with Crippen molar-refractivity contribution in [1.82, 2.24) is 0 Å². The van der Waals surface area contributed by atoms with E-state index in [-0.39, 0.29) is 5.56 Å². The van der Waals surface area contributed by atoms with Crippen molar-refractivity contribution in [2.45, 2.75) is 6.92 Å². The summed E-state index contributed by atoms with van der Waals surface area (Å²) >= 11 is 5.79. The van der Waals surface area contributed by atoms with E-state index < -0.39 is 5.97 Å². The van der Waals surface area contributed by atoms with Crippen molar-refractivity contribution >= 4 is 17.6 Å². The summed E-state index contributed by atoms with van der Waals surface area (Å²) in [6.07, 6.45) is 0. The second-order valence-electron chi connectivity index (χ2n) is 2.61. The summed E-state index contributed by atoms with van der Waals surface area (Å²) in [7, 11) is 1.49. The van der Waals surface area contributed by atoms with Crippen LogP contribution in [0.3, 0.4) is 0 Å². The highest BCUT2D eigenvalue weighted by atomic mass is 35.5. The summed E-state index contributed by atoms with van der Waals surface area (Å²) in [4.78, 5) is 10.6. The number of rotatable bonds is 2. The van der Waals surface area contributed by atoms with Gasteiger partial charge in [-0.1, -0.05) is 11.6 Å². The molecule has 70 valence electrons.